The molecule has 424 valence electrons. The average molecular weight is 1100 g/mol. The number of aliphatic hydroxyl groups excluding tert-OH is 1. The Morgan fingerprint density at radius 3 is 2.04 bits per heavy atom. The highest BCUT2D eigenvalue weighted by Gasteiger charge is 2.47. The van der Waals surface area contributed by atoms with Gasteiger partial charge in [0.1, 0.15) is 58.5 Å². The second kappa shape index (κ2) is 29.6. The van der Waals surface area contributed by atoms with Crippen molar-refractivity contribution in [3.8, 4) is 23.0 Å². The third-order valence-corrected chi connectivity index (χ3v) is 12.2. The van der Waals surface area contributed by atoms with Gasteiger partial charge in [-0.1, -0.05) is 72.9 Å². The van der Waals surface area contributed by atoms with Gasteiger partial charge in [-0.25, -0.2) is 19.2 Å². The zero-order valence-corrected chi connectivity index (χ0v) is 45.7. The Morgan fingerprint density at radius 1 is 0.759 bits per heavy atom. The van der Waals surface area contributed by atoms with E-state index in [1.54, 1.807) is 129 Å². The Kier molecular flexibility index (Phi) is 22.8. The molecule has 0 radical (unpaired) electrons. The van der Waals surface area contributed by atoms with Crippen LogP contribution in [0.25, 0.3) is 12.2 Å². The topological polar surface area (TPSA) is 229 Å². The van der Waals surface area contributed by atoms with Crippen molar-refractivity contribution in [1.82, 2.24) is 0 Å². The summed E-state index contributed by atoms with van der Waals surface area (Å²) < 4.78 is 73.9. The van der Waals surface area contributed by atoms with Crippen LogP contribution >= 0.6 is 0 Å². The number of carboxylic acid groups (broad SMARTS) is 1. The number of benzene rings is 4. The van der Waals surface area contributed by atoms with Crippen molar-refractivity contribution in [1.29, 1.82) is 0 Å². The largest absolute Gasteiger partial charge is 0.497 e. The summed E-state index contributed by atoms with van der Waals surface area (Å²) in [5.41, 5.74) is 1.97. The van der Waals surface area contributed by atoms with Crippen molar-refractivity contribution < 1.29 is 91.0 Å². The highest BCUT2D eigenvalue weighted by molar-refractivity contribution is 5.97. The molecule has 79 heavy (non-hydrogen) atoms. The monoisotopic (exact) mass is 1090 g/mol. The lowest BCUT2D eigenvalue weighted by molar-refractivity contribution is -0.153. The number of aliphatic hydroxyl groups is 1. The molecule has 19 nitrogen and oxygen atoms in total. The number of carbonyl (C=O) groups excluding carboxylic acids is 3. The van der Waals surface area contributed by atoms with Crippen molar-refractivity contribution in [2.75, 3.05) is 55.2 Å². The van der Waals surface area contributed by atoms with Crippen LogP contribution < -0.4 is 18.9 Å². The molecule has 4 aromatic rings. The molecule has 2 fully saturated rings. The zero-order valence-electron chi connectivity index (χ0n) is 45.7. The summed E-state index contributed by atoms with van der Waals surface area (Å²) in [4.78, 5) is 51.0. The van der Waals surface area contributed by atoms with E-state index in [4.69, 9.17) is 61.6 Å². The minimum Gasteiger partial charge on any atom is -0.497 e. The molecule has 2 saturated heterocycles. The number of rotatable bonds is 20. The quantitative estimate of drug-likeness (QED) is 0.0363. The Balaban J connectivity index is 0.000000255. The van der Waals surface area contributed by atoms with Gasteiger partial charge in [0, 0.05) is 33.0 Å². The van der Waals surface area contributed by atoms with Gasteiger partial charge in [-0.2, -0.15) is 0 Å². The van der Waals surface area contributed by atoms with Gasteiger partial charge in [-0.15, -0.1) is 0 Å². The fourth-order valence-electron chi connectivity index (χ4n) is 8.74. The number of ether oxygens (including phenoxy) is 13. The van der Waals surface area contributed by atoms with Gasteiger partial charge in [0.05, 0.1) is 44.2 Å². The van der Waals surface area contributed by atoms with Crippen molar-refractivity contribution >= 4 is 36.0 Å². The minimum absolute atomic E-state index is 0.0452. The first kappa shape index (κ1) is 60.9. The Hall–Kier alpha value is -7.36. The SMILES string of the molecule is COCOc1cc(OC)cc(/C=C/C[C@@H]2OC(C)(C)OC2C(/C=C\CCO)OC(=O)c2ccccc2)c1C(=O)O.COCOc1cc(OC)cc2c1C(=O)OCC/C=C\C(OC(=O)c1ccccc1)C1OC(C)(C)O[C@H]1C/C=C/2. The van der Waals surface area contributed by atoms with Gasteiger partial charge in [0.25, 0.3) is 0 Å². The first-order chi connectivity index (χ1) is 38.0. The molecule has 6 atom stereocenters. The highest BCUT2D eigenvalue weighted by atomic mass is 16.8. The van der Waals surface area contributed by atoms with Crippen molar-refractivity contribution in [2.45, 2.75) is 102 Å². The maximum Gasteiger partial charge on any atom is 0.342 e. The van der Waals surface area contributed by atoms with Gasteiger partial charge >= 0.3 is 23.9 Å². The van der Waals surface area contributed by atoms with Crippen LogP contribution in [0.5, 0.6) is 23.0 Å². The van der Waals surface area contributed by atoms with Crippen LogP contribution in [0.3, 0.4) is 0 Å². The molecule has 19 heteroatoms. The van der Waals surface area contributed by atoms with E-state index in [-0.39, 0.29) is 49.4 Å². The maximum absolute atomic E-state index is 13.1. The molecule has 2 N–H and O–H groups in total. The van der Waals surface area contributed by atoms with E-state index >= 15 is 0 Å². The van der Waals surface area contributed by atoms with Gasteiger partial charge < -0.3 is 71.8 Å². The number of carbonyl (C=O) groups is 4. The number of aromatic carboxylic acids is 1. The number of hydrogen-bond acceptors (Lipinski definition) is 18. The van der Waals surface area contributed by atoms with Crippen molar-refractivity contribution in [3.63, 3.8) is 0 Å². The van der Waals surface area contributed by atoms with Crippen LogP contribution in [0, 0.1) is 0 Å². The van der Waals surface area contributed by atoms with Crippen LogP contribution in [0.1, 0.15) is 106 Å². The summed E-state index contributed by atoms with van der Waals surface area (Å²) in [6.45, 7) is 7.04. The molecule has 0 amide bonds. The molecule has 3 aliphatic rings. The summed E-state index contributed by atoms with van der Waals surface area (Å²) in [5.74, 6) is -3.23. The van der Waals surface area contributed by atoms with Crippen LogP contribution in [-0.2, 0) is 42.6 Å². The second-order valence-corrected chi connectivity index (χ2v) is 18.9. The van der Waals surface area contributed by atoms with Crippen molar-refractivity contribution in [3.05, 3.63) is 155 Å². The Labute approximate surface area is 460 Å². The van der Waals surface area contributed by atoms with E-state index in [2.05, 4.69) is 0 Å². The number of hydrogen-bond donors (Lipinski definition) is 2. The van der Waals surface area contributed by atoms with Crippen molar-refractivity contribution in [2.24, 2.45) is 0 Å². The molecule has 4 unspecified atom stereocenters. The van der Waals surface area contributed by atoms with E-state index in [0.717, 1.165) is 0 Å². The molecule has 0 aromatic heterocycles. The number of carboxylic acids is 1. The van der Waals surface area contributed by atoms with Crippen LogP contribution in [0.2, 0.25) is 0 Å². The zero-order chi connectivity index (χ0) is 57.0. The molecule has 0 bridgehead atoms. The Morgan fingerprint density at radius 2 is 1.39 bits per heavy atom. The third kappa shape index (κ3) is 17.6. The lowest BCUT2D eigenvalue weighted by Crippen LogP contribution is -2.37. The summed E-state index contributed by atoms with van der Waals surface area (Å²) in [5, 5.41) is 19.1. The average Bonchev–Trinajstić information content (AvgIpc) is 3.95. The predicted molar refractivity (Wildman–Crippen MR) is 289 cm³/mol. The summed E-state index contributed by atoms with van der Waals surface area (Å²) >= 11 is 0. The number of esters is 3. The van der Waals surface area contributed by atoms with E-state index in [1.807, 2.05) is 26.0 Å². The normalized spacial score (nSPS) is 21.7. The van der Waals surface area contributed by atoms with Gasteiger partial charge in [-0.3, -0.25) is 0 Å². The van der Waals surface area contributed by atoms with Gasteiger partial charge in [0.2, 0.25) is 0 Å². The minimum atomic E-state index is -1.17. The molecule has 0 saturated carbocycles. The maximum atomic E-state index is 13.1. The molecule has 4 aromatic carbocycles. The molecule has 0 spiro atoms. The first-order valence-electron chi connectivity index (χ1n) is 25.6. The Bertz CT molecular complexity index is 2770. The summed E-state index contributed by atoms with van der Waals surface area (Å²) in [6.07, 6.45) is 11.8. The third-order valence-electron chi connectivity index (χ3n) is 12.2. The molecular weight excluding hydrogens is 1020 g/mol. The molecular formula is C60H70O19. The van der Waals surface area contributed by atoms with E-state index in [0.29, 0.717) is 59.4 Å². The second-order valence-electron chi connectivity index (χ2n) is 18.9. The lowest BCUT2D eigenvalue weighted by atomic mass is 10.0. The molecule has 7 rings (SSSR count). The number of fused-ring (bicyclic) bond motifs is 2. The standard InChI is InChI=1S/C30H36O10.C30H34O9/c1-30(2)39-24(15-10-13-21-17-22(36-4)18-25(37-19-35-3)26(21)28(32)33)27(40-30)23(14-8-9-16-31)38-29(34)20-11-6-5-7-12-20;1-30(2)38-24-15-10-13-21-17-22(34-4)18-25(36-19-33-3)26(21)29(32)35-16-9-8-14-23(27(24)39-30)37-28(31)20-11-6-5-7-12-20/h5-8,10-14,17-18,23-24,27,31H,9,15-16,19H2,1-4H3,(H,32,33);5-8,10-14,17-18,23-24,27H,9,15-16,19H2,1-4H3/b2*13-10+,14-8-/t2*23?,24-,27?/m00/s1. The highest BCUT2D eigenvalue weighted by Crippen LogP contribution is 2.37. The van der Waals surface area contributed by atoms with Crippen LogP contribution in [-0.4, -0.2) is 138 Å². The van der Waals surface area contributed by atoms with E-state index in [1.165, 1.54) is 34.5 Å². The smallest absolute Gasteiger partial charge is 0.342 e. The first-order valence-corrected chi connectivity index (χ1v) is 25.6. The number of methoxy groups -OCH3 is 4. The fourth-order valence-corrected chi connectivity index (χ4v) is 8.74. The fraction of sp³-hybridized carbons (Fsp3) is 0.400. The summed E-state index contributed by atoms with van der Waals surface area (Å²) in [6, 6.07) is 23.8. The summed E-state index contributed by atoms with van der Waals surface area (Å²) in [7, 11) is 5.94. The van der Waals surface area contributed by atoms with Crippen LogP contribution in [0.15, 0.2) is 121 Å². The van der Waals surface area contributed by atoms with Gasteiger partial charge in [-0.05, 0) is 113 Å². The van der Waals surface area contributed by atoms with E-state index in [9.17, 15) is 29.4 Å². The van der Waals surface area contributed by atoms with Crippen LogP contribution in [0.4, 0.5) is 0 Å². The lowest BCUT2D eigenvalue weighted by Gasteiger charge is -2.24. The van der Waals surface area contributed by atoms with Gasteiger partial charge in [0.15, 0.2) is 25.2 Å². The van der Waals surface area contributed by atoms with E-state index < -0.39 is 72.1 Å². The number of cyclic esters (lactones) is 1. The predicted octanol–water partition coefficient (Wildman–Crippen LogP) is 9.41. The molecule has 3 aliphatic heterocycles. The molecule has 3 heterocycles. The molecule has 0 aliphatic carbocycles.